The van der Waals surface area contributed by atoms with Gasteiger partial charge in [-0.3, -0.25) is 14.4 Å². The van der Waals surface area contributed by atoms with E-state index in [9.17, 15) is 14.4 Å². The summed E-state index contributed by atoms with van der Waals surface area (Å²) in [7, 11) is 3.36. The van der Waals surface area contributed by atoms with Gasteiger partial charge in [0.25, 0.3) is 0 Å². The monoisotopic (exact) mass is 428 g/mol. The van der Waals surface area contributed by atoms with Gasteiger partial charge >= 0.3 is 0 Å². The molecule has 1 atom stereocenters. The van der Waals surface area contributed by atoms with Crippen LogP contribution in [-0.2, 0) is 14.4 Å². The van der Waals surface area contributed by atoms with Gasteiger partial charge in [0.1, 0.15) is 17.5 Å². The highest BCUT2D eigenvalue weighted by atomic mass is 16.7. The number of Topliss-reactive ketones (excluding diaryl/α,β-unsaturated/α-hetero) is 1. The second kappa shape index (κ2) is 11.1. The number of anilines is 2. The summed E-state index contributed by atoms with van der Waals surface area (Å²) in [5, 5.41) is 8.35. The molecule has 9 heteroatoms. The lowest BCUT2D eigenvalue weighted by Crippen LogP contribution is -2.47. The number of hydroxylamine groups is 4. The highest BCUT2D eigenvalue weighted by Gasteiger charge is 2.24. The number of carbonyl (C=O) groups is 3. The minimum Gasteiger partial charge on any atom is -0.406 e. The molecule has 0 aliphatic heterocycles. The number of rotatable bonds is 10. The van der Waals surface area contributed by atoms with Gasteiger partial charge < -0.3 is 20.3 Å². The summed E-state index contributed by atoms with van der Waals surface area (Å²) in [4.78, 5) is 46.3. The standard InChI is InChI=1S/C22H28N4O5/c1-15(27)22(26(5)31-21-11-7-9-19(13-21)24-17(3)29)14-25(4)30-20-10-6-8-18(12-20)23-16(2)28/h6-13,22H,14H2,1-5H3,(H,23,28)(H,24,29). The number of carbonyl (C=O) groups excluding carboxylic acids is 3. The van der Waals surface area contributed by atoms with Crippen molar-refractivity contribution in [2.75, 3.05) is 31.3 Å². The summed E-state index contributed by atoms with van der Waals surface area (Å²) >= 11 is 0. The maximum Gasteiger partial charge on any atom is 0.221 e. The molecule has 0 bridgehead atoms. The van der Waals surface area contributed by atoms with Gasteiger partial charge in [0, 0.05) is 51.5 Å². The first-order chi connectivity index (χ1) is 14.6. The molecule has 0 aliphatic rings. The SMILES string of the molecule is CC(=O)Nc1cccc(ON(C)CC(C(C)=O)N(C)Oc2cccc(NC(C)=O)c2)c1. The van der Waals surface area contributed by atoms with E-state index < -0.39 is 6.04 Å². The van der Waals surface area contributed by atoms with Crippen LogP contribution in [0, 0.1) is 0 Å². The van der Waals surface area contributed by atoms with Crippen molar-refractivity contribution in [3.8, 4) is 11.5 Å². The van der Waals surface area contributed by atoms with E-state index >= 15 is 0 Å². The van der Waals surface area contributed by atoms with E-state index in [0.29, 0.717) is 22.9 Å². The third-order valence-corrected chi connectivity index (χ3v) is 4.16. The Kier molecular flexibility index (Phi) is 8.53. The molecule has 0 heterocycles. The van der Waals surface area contributed by atoms with E-state index in [4.69, 9.17) is 9.68 Å². The van der Waals surface area contributed by atoms with Crippen LogP contribution in [0.1, 0.15) is 20.8 Å². The zero-order chi connectivity index (χ0) is 23.0. The Hall–Kier alpha value is -3.43. The largest absolute Gasteiger partial charge is 0.406 e. The van der Waals surface area contributed by atoms with E-state index in [1.54, 1.807) is 62.6 Å². The van der Waals surface area contributed by atoms with Gasteiger partial charge in [0.2, 0.25) is 11.8 Å². The molecule has 0 aliphatic carbocycles. The molecular formula is C22H28N4O5. The summed E-state index contributed by atoms with van der Waals surface area (Å²) in [5.41, 5.74) is 1.21. The van der Waals surface area contributed by atoms with Crippen LogP contribution in [0.5, 0.6) is 11.5 Å². The molecule has 1 unspecified atom stereocenters. The molecule has 0 saturated heterocycles. The molecule has 2 aromatic carbocycles. The second-order valence-electron chi connectivity index (χ2n) is 7.08. The van der Waals surface area contributed by atoms with E-state index in [1.165, 1.54) is 30.9 Å². The Morgan fingerprint density at radius 3 is 1.77 bits per heavy atom. The summed E-state index contributed by atoms with van der Waals surface area (Å²) in [5.74, 6) is 0.522. The Labute approximate surface area is 181 Å². The molecule has 0 spiro atoms. The predicted octanol–water partition coefficient (Wildman–Crippen LogP) is 2.71. The van der Waals surface area contributed by atoms with Crippen LogP contribution in [-0.4, -0.2) is 54.4 Å². The number of benzene rings is 2. The van der Waals surface area contributed by atoms with Crippen LogP contribution >= 0.6 is 0 Å². The quantitative estimate of drug-likeness (QED) is 0.561. The van der Waals surface area contributed by atoms with Gasteiger partial charge in [0.15, 0.2) is 5.78 Å². The first-order valence-corrected chi connectivity index (χ1v) is 9.69. The molecule has 9 nitrogen and oxygen atoms in total. The predicted molar refractivity (Wildman–Crippen MR) is 118 cm³/mol. The fourth-order valence-corrected chi connectivity index (χ4v) is 2.86. The Morgan fingerprint density at radius 1 is 0.839 bits per heavy atom. The van der Waals surface area contributed by atoms with Gasteiger partial charge in [-0.25, -0.2) is 0 Å². The average Bonchev–Trinajstić information content (AvgIpc) is 2.65. The zero-order valence-corrected chi connectivity index (χ0v) is 18.3. The summed E-state index contributed by atoms with van der Waals surface area (Å²) in [6, 6.07) is 13.2. The van der Waals surface area contributed by atoms with E-state index in [1.807, 2.05) is 0 Å². The molecule has 2 rings (SSSR count). The number of hydrogen-bond acceptors (Lipinski definition) is 7. The molecule has 2 amide bonds. The molecule has 0 saturated carbocycles. The van der Waals surface area contributed by atoms with Crippen LogP contribution in [0.15, 0.2) is 48.5 Å². The summed E-state index contributed by atoms with van der Waals surface area (Å²) < 4.78 is 0. The Bertz CT molecular complexity index is 934. The lowest BCUT2D eigenvalue weighted by Gasteiger charge is -2.29. The minimum absolute atomic E-state index is 0.108. The highest BCUT2D eigenvalue weighted by molar-refractivity contribution is 5.89. The maximum absolute atomic E-state index is 12.2. The molecule has 2 N–H and O–H groups in total. The number of ketones is 1. The van der Waals surface area contributed by atoms with Crippen molar-refractivity contribution in [2.45, 2.75) is 26.8 Å². The maximum atomic E-state index is 12.2. The molecule has 2 aromatic rings. The zero-order valence-electron chi connectivity index (χ0n) is 18.3. The summed E-state index contributed by atoms with van der Waals surface area (Å²) in [6.07, 6.45) is 0. The first-order valence-electron chi connectivity index (χ1n) is 9.69. The fourth-order valence-electron chi connectivity index (χ4n) is 2.86. The molecule has 0 fully saturated rings. The van der Waals surface area contributed by atoms with E-state index in [2.05, 4.69) is 10.6 Å². The van der Waals surface area contributed by atoms with Gasteiger partial charge in [-0.15, -0.1) is 10.1 Å². The Balaban J connectivity index is 2.02. The van der Waals surface area contributed by atoms with Crippen LogP contribution in [0.3, 0.4) is 0 Å². The molecule has 0 radical (unpaired) electrons. The van der Waals surface area contributed by atoms with Gasteiger partial charge in [-0.2, -0.15) is 0 Å². The third kappa shape index (κ3) is 8.07. The minimum atomic E-state index is -0.618. The average molecular weight is 428 g/mol. The smallest absolute Gasteiger partial charge is 0.221 e. The number of nitrogens with one attached hydrogen (secondary N) is 2. The molecule has 31 heavy (non-hydrogen) atoms. The van der Waals surface area contributed by atoms with Gasteiger partial charge in [-0.1, -0.05) is 12.1 Å². The van der Waals surface area contributed by atoms with Crippen LogP contribution in [0.25, 0.3) is 0 Å². The van der Waals surface area contributed by atoms with Gasteiger partial charge in [-0.05, 0) is 31.2 Å². The van der Waals surface area contributed by atoms with Crippen molar-refractivity contribution in [3.05, 3.63) is 48.5 Å². The number of nitrogens with zero attached hydrogens (tertiary/aromatic N) is 2. The van der Waals surface area contributed by atoms with Crippen molar-refractivity contribution in [3.63, 3.8) is 0 Å². The number of likely N-dealkylation sites (N-methyl/N-ethyl adjacent to an activating group) is 2. The molecule has 166 valence electrons. The third-order valence-electron chi connectivity index (χ3n) is 4.16. The van der Waals surface area contributed by atoms with Gasteiger partial charge in [0.05, 0.1) is 6.54 Å². The number of amides is 2. The first kappa shape index (κ1) is 23.8. The normalized spacial score (nSPS) is 11.7. The lowest BCUT2D eigenvalue weighted by molar-refractivity contribution is -0.146. The van der Waals surface area contributed by atoms with Crippen molar-refractivity contribution >= 4 is 29.0 Å². The van der Waals surface area contributed by atoms with Crippen molar-refractivity contribution < 1.29 is 24.1 Å². The number of hydrogen-bond donors (Lipinski definition) is 2. The Morgan fingerprint density at radius 2 is 1.32 bits per heavy atom. The van der Waals surface area contributed by atoms with E-state index in [0.717, 1.165) is 0 Å². The fraction of sp³-hybridized carbons (Fsp3) is 0.318. The lowest BCUT2D eigenvalue weighted by atomic mass is 10.2. The second-order valence-corrected chi connectivity index (χ2v) is 7.08. The molecule has 0 aromatic heterocycles. The van der Waals surface area contributed by atoms with Crippen molar-refractivity contribution in [1.29, 1.82) is 0 Å². The van der Waals surface area contributed by atoms with Crippen LogP contribution < -0.4 is 20.3 Å². The molecular weight excluding hydrogens is 400 g/mol. The van der Waals surface area contributed by atoms with Crippen molar-refractivity contribution in [1.82, 2.24) is 10.1 Å². The van der Waals surface area contributed by atoms with Crippen LogP contribution in [0.4, 0.5) is 11.4 Å². The van der Waals surface area contributed by atoms with Crippen molar-refractivity contribution in [2.24, 2.45) is 0 Å². The van der Waals surface area contributed by atoms with E-state index in [-0.39, 0.29) is 24.1 Å². The van der Waals surface area contributed by atoms with Crippen LogP contribution in [0.2, 0.25) is 0 Å². The highest BCUT2D eigenvalue weighted by Crippen LogP contribution is 2.20. The summed E-state index contributed by atoms with van der Waals surface area (Å²) in [6.45, 7) is 4.55. The topological polar surface area (TPSA) is 100 Å².